The summed E-state index contributed by atoms with van der Waals surface area (Å²) in [5.74, 6) is -0.958. The molecule has 21 heavy (non-hydrogen) atoms. The van der Waals surface area contributed by atoms with Gasteiger partial charge in [0.25, 0.3) is 11.2 Å². The van der Waals surface area contributed by atoms with Gasteiger partial charge in [0, 0.05) is 17.6 Å². The second-order valence-corrected chi connectivity index (χ2v) is 5.14. The van der Waals surface area contributed by atoms with Crippen LogP contribution in [0.5, 0.6) is 0 Å². The Labute approximate surface area is 126 Å². The Morgan fingerprint density at radius 1 is 1.62 bits per heavy atom. The van der Waals surface area contributed by atoms with Crippen molar-refractivity contribution in [1.82, 2.24) is 14.2 Å². The summed E-state index contributed by atoms with van der Waals surface area (Å²) in [6, 6.07) is 0.867. The zero-order chi connectivity index (χ0) is 15.6. The van der Waals surface area contributed by atoms with Gasteiger partial charge in [-0.25, -0.2) is 4.79 Å². The summed E-state index contributed by atoms with van der Waals surface area (Å²) in [7, 11) is 1.08. The molecule has 0 unspecified atom stereocenters. The Morgan fingerprint density at radius 3 is 2.86 bits per heavy atom. The van der Waals surface area contributed by atoms with Crippen LogP contribution in [0.15, 0.2) is 17.1 Å². The number of halogens is 1. The molecule has 9 nitrogen and oxygen atoms in total. The second-order valence-electron chi connectivity index (χ2n) is 3.79. The van der Waals surface area contributed by atoms with E-state index in [4.69, 9.17) is 11.6 Å². The first-order chi connectivity index (χ1) is 9.93. The van der Waals surface area contributed by atoms with E-state index in [1.807, 2.05) is 0 Å². The predicted octanol–water partition coefficient (Wildman–Crippen LogP) is 1.10. The zero-order valence-electron chi connectivity index (χ0n) is 10.5. The number of rotatable bonds is 4. The summed E-state index contributed by atoms with van der Waals surface area (Å²) in [5, 5.41) is 14.6. The number of ether oxygens (including phenoxy) is 1. The number of aromatic nitrogens is 3. The molecule has 2 aromatic heterocycles. The molecular formula is C10H7ClN4O5S. The highest BCUT2D eigenvalue weighted by atomic mass is 35.5. The van der Waals surface area contributed by atoms with Gasteiger partial charge in [-0.2, -0.15) is 0 Å². The highest BCUT2D eigenvalue weighted by molar-refractivity contribution is 7.10. The average Bonchev–Trinajstić information content (AvgIpc) is 2.85. The van der Waals surface area contributed by atoms with Crippen molar-refractivity contribution < 1.29 is 14.5 Å². The molecule has 110 valence electrons. The van der Waals surface area contributed by atoms with Crippen molar-refractivity contribution in [2.75, 3.05) is 7.11 Å². The normalized spacial score (nSPS) is 10.4. The van der Waals surface area contributed by atoms with Crippen LogP contribution in [0, 0.1) is 10.1 Å². The number of carbonyl (C=O) groups is 1. The molecule has 0 aliphatic heterocycles. The fourth-order valence-corrected chi connectivity index (χ4v) is 2.16. The van der Waals surface area contributed by atoms with Crippen LogP contribution < -0.4 is 5.56 Å². The van der Waals surface area contributed by atoms with Gasteiger partial charge in [-0.05, 0) is 0 Å². The van der Waals surface area contributed by atoms with Crippen LogP contribution in [-0.2, 0) is 11.3 Å². The number of hydrogen-bond acceptors (Lipinski definition) is 8. The van der Waals surface area contributed by atoms with Crippen LogP contribution in [0.2, 0.25) is 4.34 Å². The minimum Gasteiger partial charge on any atom is -0.465 e. The number of pyridine rings is 1. The summed E-state index contributed by atoms with van der Waals surface area (Å²) < 4.78 is 9.26. The molecule has 0 aliphatic carbocycles. The molecule has 11 heteroatoms. The van der Waals surface area contributed by atoms with Gasteiger partial charge in [-0.15, -0.1) is 5.10 Å². The van der Waals surface area contributed by atoms with Crippen LogP contribution in [0.25, 0.3) is 0 Å². The first-order valence-electron chi connectivity index (χ1n) is 5.38. The van der Waals surface area contributed by atoms with Gasteiger partial charge < -0.3 is 9.30 Å². The lowest BCUT2D eigenvalue weighted by molar-refractivity contribution is -0.385. The molecule has 0 amide bonds. The lowest BCUT2D eigenvalue weighted by Gasteiger charge is -2.06. The van der Waals surface area contributed by atoms with Crippen molar-refractivity contribution in [3.63, 3.8) is 0 Å². The summed E-state index contributed by atoms with van der Waals surface area (Å²) in [6.07, 6.45) is 1.00. The third-order valence-corrected chi connectivity index (χ3v) is 3.50. The quantitative estimate of drug-likeness (QED) is 0.468. The van der Waals surface area contributed by atoms with Gasteiger partial charge in [0.1, 0.15) is 15.6 Å². The summed E-state index contributed by atoms with van der Waals surface area (Å²) >= 11 is 6.75. The van der Waals surface area contributed by atoms with Crippen LogP contribution >= 0.6 is 23.1 Å². The summed E-state index contributed by atoms with van der Waals surface area (Å²) in [4.78, 5) is 33.8. The molecule has 0 saturated carbocycles. The highest BCUT2D eigenvalue weighted by Gasteiger charge is 2.20. The van der Waals surface area contributed by atoms with E-state index in [2.05, 4.69) is 14.3 Å². The topological polar surface area (TPSA) is 117 Å². The maximum absolute atomic E-state index is 12.1. The third-order valence-electron chi connectivity index (χ3n) is 2.52. The molecule has 0 fully saturated rings. The molecule has 0 saturated heterocycles. The average molecular weight is 331 g/mol. The van der Waals surface area contributed by atoms with Crippen molar-refractivity contribution in [3.8, 4) is 0 Å². The van der Waals surface area contributed by atoms with Gasteiger partial charge >= 0.3 is 5.97 Å². The predicted molar refractivity (Wildman–Crippen MR) is 72.7 cm³/mol. The number of nitro groups is 1. The third kappa shape index (κ3) is 3.06. The van der Waals surface area contributed by atoms with E-state index in [9.17, 15) is 19.7 Å². The number of nitrogens with zero attached hydrogens (tertiary/aromatic N) is 4. The van der Waals surface area contributed by atoms with Crippen molar-refractivity contribution in [3.05, 3.63) is 48.3 Å². The van der Waals surface area contributed by atoms with Crippen molar-refractivity contribution >= 4 is 34.8 Å². The fourth-order valence-electron chi connectivity index (χ4n) is 1.55. The van der Waals surface area contributed by atoms with Gasteiger partial charge in [-0.3, -0.25) is 14.9 Å². The molecule has 0 radical (unpaired) electrons. The van der Waals surface area contributed by atoms with Crippen molar-refractivity contribution in [2.24, 2.45) is 0 Å². The smallest absolute Gasteiger partial charge is 0.343 e. The fraction of sp³-hybridized carbons (Fsp3) is 0.200. The highest BCUT2D eigenvalue weighted by Crippen LogP contribution is 2.19. The van der Waals surface area contributed by atoms with E-state index in [0.29, 0.717) is 0 Å². The second kappa shape index (κ2) is 5.97. The lowest BCUT2D eigenvalue weighted by Crippen LogP contribution is -2.27. The van der Waals surface area contributed by atoms with Gasteiger partial charge in [-0.1, -0.05) is 16.1 Å². The molecule has 2 rings (SSSR count). The molecule has 0 aromatic carbocycles. The largest absolute Gasteiger partial charge is 0.465 e. The van der Waals surface area contributed by atoms with E-state index in [-0.39, 0.29) is 16.6 Å². The molecule has 0 bridgehead atoms. The van der Waals surface area contributed by atoms with E-state index in [1.54, 1.807) is 0 Å². The first kappa shape index (κ1) is 15.1. The van der Waals surface area contributed by atoms with E-state index in [1.165, 1.54) is 0 Å². The maximum Gasteiger partial charge on any atom is 0.343 e. The molecular weight excluding hydrogens is 324 g/mol. The van der Waals surface area contributed by atoms with Crippen LogP contribution in [0.3, 0.4) is 0 Å². The van der Waals surface area contributed by atoms with E-state index in [0.717, 1.165) is 35.5 Å². The Morgan fingerprint density at radius 2 is 2.33 bits per heavy atom. The van der Waals surface area contributed by atoms with Gasteiger partial charge in [0.15, 0.2) is 0 Å². The van der Waals surface area contributed by atoms with E-state index >= 15 is 0 Å². The van der Waals surface area contributed by atoms with Crippen LogP contribution in [0.4, 0.5) is 5.69 Å². The minimum atomic E-state index is -0.958. The van der Waals surface area contributed by atoms with Crippen molar-refractivity contribution in [2.45, 2.75) is 6.54 Å². The van der Waals surface area contributed by atoms with Crippen LogP contribution in [-0.4, -0.2) is 32.2 Å². The monoisotopic (exact) mass is 330 g/mol. The molecule has 2 aromatic rings. The Hall–Kier alpha value is -2.33. The number of esters is 1. The number of carbonyl (C=O) groups excluding carboxylic acids is 1. The first-order valence-corrected chi connectivity index (χ1v) is 6.53. The molecule has 0 N–H and O–H groups in total. The zero-order valence-corrected chi connectivity index (χ0v) is 12.1. The van der Waals surface area contributed by atoms with Gasteiger partial charge in [0.05, 0.1) is 24.8 Å². The molecule has 0 aliphatic rings. The molecule has 0 spiro atoms. The summed E-state index contributed by atoms with van der Waals surface area (Å²) in [5.41, 5.74) is -1.32. The van der Waals surface area contributed by atoms with E-state index < -0.39 is 27.7 Å². The maximum atomic E-state index is 12.1. The number of methoxy groups -OCH3 is 1. The Balaban J connectivity index is 2.56. The Bertz CT molecular complexity index is 771. The number of hydrogen-bond donors (Lipinski definition) is 0. The Kier molecular flexibility index (Phi) is 4.29. The van der Waals surface area contributed by atoms with Gasteiger partial charge in [0.2, 0.25) is 0 Å². The van der Waals surface area contributed by atoms with Crippen molar-refractivity contribution in [1.29, 1.82) is 0 Å². The standard InChI is InChI=1S/C10H7ClN4O5S/c1-20-10(17)6-2-5(15(18)19)3-14(9(6)16)4-7-8(11)21-13-12-7/h2-3H,4H2,1H3. The minimum absolute atomic E-state index is 0.139. The van der Waals surface area contributed by atoms with Crippen LogP contribution in [0.1, 0.15) is 16.1 Å². The molecule has 2 heterocycles. The summed E-state index contributed by atoms with van der Waals surface area (Å²) in [6.45, 7) is -0.139. The molecule has 0 atom stereocenters. The SMILES string of the molecule is COC(=O)c1cc([N+](=O)[O-])cn(Cc2nnsc2Cl)c1=O. The lowest BCUT2D eigenvalue weighted by atomic mass is 10.2.